The molecule has 2 heterocycles. The molecule has 2 aromatic heterocycles. The van der Waals surface area contributed by atoms with Gasteiger partial charge in [0.1, 0.15) is 0 Å². The predicted octanol–water partition coefficient (Wildman–Crippen LogP) is 4.39. The summed E-state index contributed by atoms with van der Waals surface area (Å²) in [5.74, 6) is 0.257. The van der Waals surface area contributed by atoms with Gasteiger partial charge in [0.25, 0.3) is 0 Å². The zero-order valence-corrected chi connectivity index (χ0v) is 14.2. The highest BCUT2D eigenvalue weighted by Gasteiger charge is 2.33. The number of ketones is 1. The summed E-state index contributed by atoms with van der Waals surface area (Å²) in [5, 5.41) is 3.09. The molecular weight excluding hydrogens is 280 g/mol. The van der Waals surface area contributed by atoms with E-state index in [1.807, 2.05) is 12.3 Å². The Morgan fingerprint density at radius 2 is 2.00 bits per heavy atom. The standard InChI is InChI=1S/C17H22N2OS/c1-16(2,3)14-10-21-15(18-14)19-7-6-11-12(19)8-17(4,5)9-13(11)20/h6-7,10H,8-9H2,1-5H3. The van der Waals surface area contributed by atoms with E-state index in [4.69, 9.17) is 4.98 Å². The highest BCUT2D eigenvalue weighted by Crippen LogP contribution is 2.37. The normalized spacial score (nSPS) is 17.9. The second-order valence-electron chi connectivity index (χ2n) is 7.75. The van der Waals surface area contributed by atoms with Gasteiger partial charge in [0.15, 0.2) is 10.9 Å². The van der Waals surface area contributed by atoms with Gasteiger partial charge in [0, 0.05) is 34.7 Å². The van der Waals surface area contributed by atoms with Gasteiger partial charge in [-0.15, -0.1) is 11.3 Å². The van der Waals surface area contributed by atoms with E-state index in [1.165, 1.54) is 0 Å². The molecule has 0 aliphatic heterocycles. The Bertz CT molecular complexity index is 701. The van der Waals surface area contributed by atoms with Crippen LogP contribution in [0.4, 0.5) is 0 Å². The Balaban J connectivity index is 2.06. The van der Waals surface area contributed by atoms with Gasteiger partial charge in [-0.3, -0.25) is 9.36 Å². The lowest BCUT2D eigenvalue weighted by Gasteiger charge is -2.29. The van der Waals surface area contributed by atoms with Crippen LogP contribution in [0.3, 0.4) is 0 Å². The van der Waals surface area contributed by atoms with Crippen molar-refractivity contribution in [2.75, 3.05) is 0 Å². The fraction of sp³-hybridized carbons (Fsp3) is 0.529. The minimum atomic E-state index is 0.0320. The van der Waals surface area contributed by atoms with E-state index >= 15 is 0 Å². The van der Waals surface area contributed by atoms with Crippen LogP contribution in [0.1, 0.15) is 62.8 Å². The molecule has 3 rings (SSSR count). The number of hydrogen-bond acceptors (Lipinski definition) is 3. The molecule has 2 aromatic rings. The maximum Gasteiger partial charge on any atom is 0.194 e. The number of aromatic nitrogens is 2. The van der Waals surface area contributed by atoms with Crippen LogP contribution in [0.2, 0.25) is 0 Å². The Morgan fingerprint density at radius 1 is 1.29 bits per heavy atom. The lowest BCUT2D eigenvalue weighted by Crippen LogP contribution is -2.27. The van der Waals surface area contributed by atoms with Crippen molar-refractivity contribution >= 4 is 17.1 Å². The molecule has 21 heavy (non-hydrogen) atoms. The van der Waals surface area contributed by atoms with Gasteiger partial charge in [-0.05, 0) is 17.9 Å². The van der Waals surface area contributed by atoms with Crippen LogP contribution in [0, 0.1) is 5.41 Å². The van der Waals surface area contributed by atoms with Crippen molar-refractivity contribution in [1.29, 1.82) is 0 Å². The quantitative estimate of drug-likeness (QED) is 0.783. The number of Topliss-reactive ketones (excluding diaryl/α,β-unsaturated/α-hetero) is 1. The van der Waals surface area contributed by atoms with Crippen LogP contribution in [-0.2, 0) is 11.8 Å². The third-order valence-corrected chi connectivity index (χ3v) is 4.88. The third-order valence-electron chi connectivity index (χ3n) is 4.04. The second kappa shape index (κ2) is 4.54. The summed E-state index contributed by atoms with van der Waals surface area (Å²) in [6.45, 7) is 10.8. The van der Waals surface area contributed by atoms with Gasteiger partial charge in [-0.1, -0.05) is 34.6 Å². The summed E-state index contributed by atoms with van der Waals surface area (Å²) in [7, 11) is 0. The molecule has 0 amide bonds. The van der Waals surface area contributed by atoms with Gasteiger partial charge in [0.2, 0.25) is 0 Å². The lowest BCUT2D eigenvalue weighted by molar-refractivity contribution is 0.0911. The molecule has 112 valence electrons. The number of hydrogen-bond donors (Lipinski definition) is 0. The zero-order valence-electron chi connectivity index (χ0n) is 13.4. The minimum absolute atomic E-state index is 0.0320. The molecule has 0 atom stereocenters. The van der Waals surface area contributed by atoms with Gasteiger partial charge in [-0.2, -0.15) is 0 Å². The Kier molecular flexibility index (Phi) is 3.14. The highest BCUT2D eigenvalue weighted by atomic mass is 32.1. The van der Waals surface area contributed by atoms with Gasteiger partial charge in [-0.25, -0.2) is 4.98 Å². The maximum atomic E-state index is 12.3. The average Bonchev–Trinajstić information content (AvgIpc) is 2.91. The molecule has 0 fully saturated rings. The summed E-state index contributed by atoms with van der Waals surface area (Å²) in [4.78, 5) is 17.1. The molecule has 3 nitrogen and oxygen atoms in total. The van der Waals surface area contributed by atoms with E-state index in [0.717, 1.165) is 28.5 Å². The van der Waals surface area contributed by atoms with Crippen LogP contribution < -0.4 is 0 Å². The predicted molar refractivity (Wildman–Crippen MR) is 86.6 cm³/mol. The number of thiazole rings is 1. The van der Waals surface area contributed by atoms with Gasteiger partial charge >= 0.3 is 0 Å². The molecule has 0 bridgehead atoms. The summed E-state index contributed by atoms with van der Waals surface area (Å²) in [6, 6.07) is 1.95. The van der Waals surface area contributed by atoms with Crippen molar-refractivity contribution in [3.05, 3.63) is 34.6 Å². The fourth-order valence-electron chi connectivity index (χ4n) is 2.84. The van der Waals surface area contributed by atoms with Crippen molar-refractivity contribution in [3.63, 3.8) is 0 Å². The molecule has 0 spiro atoms. The highest BCUT2D eigenvalue weighted by molar-refractivity contribution is 7.12. The van der Waals surface area contributed by atoms with Crippen molar-refractivity contribution in [1.82, 2.24) is 9.55 Å². The Labute approximate surface area is 130 Å². The molecule has 0 N–H and O–H groups in total. The van der Waals surface area contributed by atoms with Crippen molar-refractivity contribution in [2.24, 2.45) is 5.41 Å². The van der Waals surface area contributed by atoms with E-state index in [1.54, 1.807) is 11.3 Å². The van der Waals surface area contributed by atoms with Crippen LogP contribution in [0.5, 0.6) is 0 Å². The van der Waals surface area contributed by atoms with E-state index in [0.29, 0.717) is 6.42 Å². The smallest absolute Gasteiger partial charge is 0.194 e. The van der Waals surface area contributed by atoms with Crippen LogP contribution in [-0.4, -0.2) is 15.3 Å². The molecular formula is C17H22N2OS. The third kappa shape index (κ3) is 2.57. The number of nitrogens with zero attached hydrogens (tertiary/aromatic N) is 2. The maximum absolute atomic E-state index is 12.3. The molecule has 1 aliphatic rings. The van der Waals surface area contributed by atoms with Crippen molar-refractivity contribution < 1.29 is 4.79 Å². The van der Waals surface area contributed by atoms with Crippen molar-refractivity contribution in [2.45, 2.75) is 52.9 Å². The summed E-state index contributed by atoms with van der Waals surface area (Å²) >= 11 is 1.65. The monoisotopic (exact) mass is 302 g/mol. The number of carbonyl (C=O) groups excluding carboxylic acids is 1. The largest absolute Gasteiger partial charge is 0.296 e. The molecule has 0 unspecified atom stereocenters. The van der Waals surface area contributed by atoms with E-state index in [2.05, 4.69) is 44.6 Å². The number of rotatable bonds is 1. The number of fused-ring (bicyclic) bond motifs is 1. The molecule has 0 radical (unpaired) electrons. The van der Waals surface area contributed by atoms with Gasteiger partial charge in [0.05, 0.1) is 5.69 Å². The first kappa shape index (κ1) is 14.5. The molecule has 4 heteroatoms. The fourth-order valence-corrected chi connectivity index (χ4v) is 3.90. The van der Waals surface area contributed by atoms with Crippen LogP contribution in [0.15, 0.2) is 17.6 Å². The minimum Gasteiger partial charge on any atom is -0.296 e. The summed E-state index contributed by atoms with van der Waals surface area (Å²) in [6.07, 6.45) is 3.55. The Hall–Kier alpha value is -1.42. The molecule has 0 aromatic carbocycles. The van der Waals surface area contributed by atoms with Crippen molar-refractivity contribution in [3.8, 4) is 5.13 Å². The van der Waals surface area contributed by atoms with Crippen LogP contribution in [0.25, 0.3) is 5.13 Å². The van der Waals surface area contributed by atoms with Crippen LogP contribution >= 0.6 is 11.3 Å². The summed E-state index contributed by atoms with van der Waals surface area (Å²) in [5.41, 5.74) is 3.18. The molecule has 0 saturated heterocycles. The average molecular weight is 302 g/mol. The Morgan fingerprint density at radius 3 is 2.62 bits per heavy atom. The van der Waals surface area contributed by atoms with E-state index < -0.39 is 0 Å². The SMILES string of the molecule is CC1(C)CC(=O)c2ccn(-c3nc(C(C)(C)C)cs3)c2C1. The number of carbonyl (C=O) groups is 1. The van der Waals surface area contributed by atoms with Gasteiger partial charge < -0.3 is 0 Å². The first-order valence-corrected chi connectivity index (χ1v) is 8.25. The molecule has 1 aliphatic carbocycles. The second-order valence-corrected chi connectivity index (χ2v) is 8.59. The lowest BCUT2D eigenvalue weighted by atomic mass is 9.76. The first-order chi connectivity index (χ1) is 9.67. The molecule has 0 saturated carbocycles. The zero-order chi connectivity index (χ0) is 15.4. The van der Waals surface area contributed by atoms with E-state index in [9.17, 15) is 4.79 Å². The first-order valence-electron chi connectivity index (χ1n) is 7.37. The topological polar surface area (TPSA) is 34.9 Å². The van der Waals surface area contributed by atoms with E-state index in [-0.39, 0.29) is 16.6 Å². The summed E-state index contributed by atoms with van der Waals surface area (Å²) < 4.78 is 2.11.